The lowest BCUT2D eigenvalue weighted by Gasteiger charge is -2.40. The number of carbonyl (C=O) groups excluding carboxylic acids is 2. The van der Waals surface area contributed by atoms with Crippen LogP contribution in [0.25, 0.3) is 0 Å². The van der Waals surface area contributed by atoms with Gasteiger partial charge in [0.1, 0.15) is 6.54 Å². The number of carbonyl (C=O) groups is 2. The third-order valence-corrected chi connectivity index (χ3v) is 5.16. The Morgan fingerprint density at radius 1 is 1.32 bits per heavy atom. The van der Waals surface area contributed by atoms with Gasteiger partial charge in [0.25, 0.3) is 11.7 Å². The van der Waals surface area contributed by atoms with E-state index >= 15 is 0 Å². The van der Waals surface area contributed by atoms with Crippen LogP contribution in [0.1, 0.15) is 41.8 Å². The Bertz CT molecular complexity index is 911. The van der Waals surface area contributed by atoms with Crippen LogP contribution in [0.5, 0.6) is 11.5 Å². The smallest absolute Gasteiger partial charge is 0.292 e. The van der Waals surface area contributed by atoms with Crippen LogP contribution in [0.2, 0.25) is 0 Å². The van der Waals surface area contributed by atoms with Crippen molar-refractivity contribution in [1.29, 1.82) is 0 Å². The molecule has 0 saturated carbocycles. The molecule has 2 amide bonds. The number of aromatic nitrogens is 2. The Balaban J connectivity index is 1.45. The minimum Gasteiger partial charge on any atom is -0.454 e. The highest BCUT2D eigenvalue weighted by Crippen LogP contribution is 2.38. The van der Waals surface area contributed by atoms with E-state index in [0.717, 1.165) is 29.9 Å². The van der Waals surface area contributed by atoms with Gasteiger partial charge in [-0.1, -0.05) is 18.1 Å². The number of hydrogen-bond acceptors (Lipinski definition) is 7. The van der Waals surface area contributed by atoms with E-state index in [2.05, 4.69) is 22.4 Å². The molecule has 1 saturated heterocycles. The van der Waals surface area contributed by atoms with Crippen molar-refractivity contribution in [3.63, 3.8) is 0 Å². The van der Waals surface area contributed by atoms with E-state index in [1.54, 1.807) is 4.90 Å². The highest BCUT2D eigenvalue weighted by molar-refractivity contribution is 5.89. The number of likely N-dealkylation sites (tertiary alicyclic amines) is 1. The number of ether oxygens (including phenoxy) is 2. The number of rotatable bonds is 5. The molecule has 1 aromatic heterocycles. The lowest BCUT2D eigenvalue weighted by atomic mass is 9.76. The lowest BCUT2D eigenvalue weighted by molar-refractivity contribution is -0.138. The average molecular weight is 386 g/mol. The minimum atomic E-state index is -0.424. The second kappa shape index (κ2) is 7.14. The van der Waals surface area contributed by atoms with Gasteiger partial charge in [-0.3, -0.25) is 9.59 Å². The maximum absolute atomic E-state index is 12.4. The fourth-order valence-corrected chi connectivity index (χ4v) is 3.71. The van der Waals surface area contributed by atoms with E-state index in [0.29, 0.717) is 13.0 Å². The van der Waals surface area contributed by atoms with E-state index in [1.807, 2.05) is 18.2 Å². The predicted molar refractivity (Wildman–Crippen MR) is 96.7 cm³/mol. The number of fused-ring (bicyclic) bond motifs is 1. The Labute approximate surface area is 162 Å². The molecule has 1 unspecified atom stereocenters. The van der Waals surface area contributed by atoms with Gasteiger partial charge in [0.05, 0.1) is 0 Å². The summed E-state index contributed by atoms with van der Waals surface area (Å²) < 4.78 is 16.0. The number of piperidine rings is 1. The van der Waals surface area contributed by atoms with E-state index in [-0.39, 0.29) is 36.4 Å². The van der Waals surface area contributed by atoms with Crippen molar-refractivity contribution in [2.24, 2.45) is 5.41 Å². The summed E-state index contributed by atoms with van der Waals surface area (Å²) in [6.07, 6.45) is 2.06. The Morgan fingerprint density at radius 3 is 2.96 bits per heavy atom. The van der Waals surface area contributed by atoms with E-state index in [4.69, 9.17) is 14.0 Å². The molecule has 1 aromatic carbocycles. The van der Waals surface area contributed by atoms with Gasteiger partial charge in [-0.25, -0.2) is 0 Å². The minimum absolute atomic E-state index is 0.0370. The van der Waals surface area contributed by atoms with Crippen molar-refractivity contribution in [2.45, 2.75) is 32.7 Å². The summed E-state index contributed by atoms with van der Waals surface area (Å²) in [5.41, 5.74) is 1.05. The monoisotopic (exact) mass is 386 g/mol. The van der Waals surface area contributed by atoms with Gasteiger partial charge >= 0.3 is 0 Å². The van der Waals surface area contributed by atoms with Crippen LogP contribution < -0.4 is 14.8 Å². The summed E-state index contributed by atoms with van der Waals surface area (Å²) in [4.78, 5) is 29.8. The molecule has 4 rings (SSSR count). The molecule has 1 atom stereocenters. The van der Waals surface area contributed by atoms with Crippen molar-refractivity contribution < 1.29 is 23.6 Å². The molecular formula is C19H22N4O5. The molecule has 1 fully saturated rings. The number of nitrogens with zero attached hydrogens (tertiary/aromatic N) is 3. The Morgan fingerprint density at radius 2 is 2.14 bits per heavy atom. The standard InChI is InChI=1S/C19H22N4O5/c1-19(8-12-3-4-13-14(7-12)27-11-26-13)6-5-16(24)23(10-19)9-15-21-17(22-28-15)18(25)20-2/h3-4,7H,5-6,8-11H2,1-2H3,(H,20,25). The third kappa shape index (κ3) is 3.64. The summed E-state index contributed by atoms with van der Waals surface area (Å²) in [6.45, 7) is 3.18. The van der Waals surface area contributed by atoms with Gasteiger partial charge in [0, 0.05) is 20.0 Å². The first-order valence-electron chi connectivity index (χ1n) is 9.17. The molecule has 2 aliphatic rings. The molecule has 0 radical (unpaired) electrons. The normalized spacial score (nSPS) is 21.1. The zero-order valence-electron chi connectivity index (χ0n) is 15.9. The second-order valence-electron chi connectivity index (χ2n) is 7.52. The van der Waals surface area contributed by atoms with Crippen LogP contribution in [0.4, 0.5) is 0 Å². The van der Waals surface area contributed by atoms with Crippen LogP contribution in [-0.2, 0) is 17.8 Å². The molecule has 2 aliphatic heterocycles. The van der Waals surface area contributed by atoms with Crippen molar-refractivity contribution in [1.82, 2.24) is 20.4 Å². The van der Waals surface area contributed by atoms with Gasteiger partial charge < -0.3 is 24.2 Å². The molecule has 2 aromatic rings. The number of benzene rings is 1. The summed E-state index contributed by atoms with van der Waals surface area (Å²) >= 11 is 0. The van der Waals surface area contributed by atoms with Gasteiger partial charge in [-0.2, -0.15) is 4.98 Å². The predicted octanol–water partition coefficient (Wildman–Crippen LogP) is 1.53. The molecule has 28 heavy (non-hydrogen) atoms. The van der Waals surface area contributed by atoms with E-state index in [9.17, 15) is 9.59 Å². The van der Waals surface area contributed by atoms with Crippen LogP contribution in [-0.4, -0.2) is 47.2 Å². The van der Waals surface area contributed by atoms with Gasteiger partial charge in [-0.05, 0) is 36.0 Å². The largest absolute Gasteiger partial charge is 0.454 e. The molecule has 0 bridgehead atoms. The second-order valence-corrected chi connectivity index (χ2v) is 7.52. The first-order valence-corrected chi connectivity index (χ1v) is 9.17. The Hall–Kier alpha value is -3.10. The highest BCUT2D eigenvalue weighted by atomic mass is 16.7. The van der Waals surface area contributed by atoms with Crippen LogP contribution >= 0.6 is 0 Å². The zero-order valence-corrected chi connectivity index (χ0v) is 15.9. The fourth-order valence-electron chi connectivity index (χ4n) is 3.71. The van der Waals surface area contributed by atoms with Gasteiger partial charge in [0.15, 0.2) is 11.5 Å². The molecule has 3 heterocycles. The van der Waals surface area contributed by atoms with Crippen LogP contribution in [0.15, 0.2) is 22.7 Å². The molecule has 9 nitrogen and oxygen atoms in total. The van der Waals surface area contributed by atoms with Gasteiger partial charge in [-0.15, -0.1) is 0 Å². The van der Waals surface area contributed by atoms with Crippen molar-refractivity contribution >= 4 is 11.8 Å². The third-order valence-electron chi connectivity index (χ3n) is 5.16. The molecule has 0 aliphatic carbocycles. The van der Waals surface area contributed by atoms with Gasteiger partial charge in [0.2, 0.25) is 18.6 Å². The first-order chi connectivity index (χ1) is 13.5. The maximum atomic E-state index is 12.4. The fraction of sp³-hybridized carbons (Fsp3) is 0.474. The lowest BCUT2D eigenvalue weighted by Crippen LogP contribution is -2.45. The first kappa shape index (κ1) is 18.3. The van der Waals surface area contributed by atoms with E-state index in [1.165, 1.54) is 7.05 Å². The quantitative estimate of drug-likeness (QED) is 0.830. The molecule has 1 N–H and O–H groups in total. The molecular weight excluding hydrogens is 364 g/mol. The number of hydrogen-bond donors (Lipinski definition) is 1. The Kier molecular flexibility index (Phi) is 4.66. The summed E-state index contributed by atoms with van der Waals surface area (Å²) in [6, 6.07) is 5.96. The van der Waals surface area contributed by atoms with E-state index < -0.39 is 5.91 Å². The van der Waals surface area contributed by atoms with Crippen molar-refractivity contribution in [2.75, 3.05) is 20.4 Å². The van der Waals surface area contributed by atoms with Crippen molar-refractivity contribution in [3.8, 4) is 11.5 Å². The van der Waals surface area contributed by atoms with Crippen LogP contribution in [0.3, 0.4) is 0 Å². The summed E-state index contributed by atoms with van der Waals surface area (Å²) in [7, 11) is 1.49. The molecule has 0 spiro atoms. The van der Waals surface area contributed by atoms with Crippen LogP contribution in [0, 0.1) is 5.41 Å². The molecule has 148 valence electrons. The number of nitrogens with one attached hydrogen (secondary N) is 1. The number of amides is 2. The SMILES string of the molecule is CNC(=O)c1noc(CN2CC(C)(Cc3ccc4c(c3)OCO4)CCC2=O)n1. The average Bonchev–Trinajstić information content (AvgIpc) is 3.33. The topological polar surface area (TPSA) is 107 Å². The summed E-state index contributed by atoms with van der Waals surface area (Å²) in [5.74, 6) is 1.36. The molecule has 9 heteroatoms. The van der Waals surface area contributed by atoms with Crippen molar-refractivity contribution in [3.05, 3.63) is 35.5 Å². The maximum Gasteiger partial charge on any atom is 0.292 e. The summed E-state index contributed by atoms with van der Waals surface area (Å²) in [5, 5.41) is 6.09. The highest BCUT2D eigenvalue weighted by Gasteiger charge is 2.36. The zero-order chi connectivity index (χ0) is 19.7.